The van der Waals surface area contributed by atoms with E-state index in [1.165, 1.54) is 0 Å². The van der Waals surface area contributed by atoms with E-state index in [0.29, 0.717) is 21.5 Å². The molecule has 0 bridgehead atoms. The monoisotopic (exact) mass is 370 g/mol. The maximum absolute atomic E-state index is 12.6. The van der Waals surface area contributed by atoms with Crippen molar-refractivity contribution in [2.45, 2.75) is 25.8 Å². The second kappa shape index (κ2) is 6.54. The van der Waals surface area contributed by atoms with Crippen LogP contribution in [0.25, 0.3) is 0 Å². The predicted octanol–water partition coefficient (Wildman–Crippen LogP) is 2.87. The molecule has 1 saturated carbocycles. The molecule has 1 amide bonds. The SMILES string of the molecule is CC1C(C(=O)NC(CC(=O)O)c2cc(Cl)cc(Cl)c2)CC12CNC2. The van der Waals surface area contributed by atoms with Crippen molar-refractivity contribution in [3.63, 3.8) is 0 Å². The van der Waals surface area contributed by atoms with Gasteiger partial charge in [-0.3, -0.25) is 9.59 Å². The van der Waals surface area contributed by atoms with E-state index in [2.05, 4.69) is 17.6 Å². The van der Waals surface area contributed by atoms with Gasteiger partial charge in [0.2, 0.25) is 5.91 Å². The summed E-state index contributed by atoms with van der Waals surface area (Å²) in [6.07, 6.45) is 0.638. The molecular weight excluding hydrogens is 351 g/mol. The van der Waals surface area contributed by atoms with Gasteiger partial charge in [-0.05, 0) is 41.5 Å². The van der Waals surface area contributed by atoms with Crippen molar-refractivity contribution in [2.75, 3.05) is 13.1 Å². The van der Waals surface area contributed by atoms with Crippen molar-refractivity contribution < 1.29 is 14.7 Å². The van der Waals surface area contributed by atoms with E-state index in [0.717, 1.165) is 19.5 Å². The molecule has 0 aromatic heterocycles. The minimum atomic E-state index is -0.988. The molecule has 3 atom stereocenters. The minimum absolute atomic E-state index is 0.0712. The number of benzene rings is 1. The second-order valence-electron chi connectivity index (χ2n) is 6.93. The summed E-state index contributed by atoms with van der Waals surface area (Å²) in [4.78, 5) is 23.8. The standard InChI is InChI=1S/C17H20Cl2N2O3/c1-9-13(6-17(9)7-20-8-17)16(24)21-14(5-15(22)23)10-2-11(18)4-12(19)3-10/h2-4,9,13-14,20H,5-8H2,1H3,(H,21,24)(H,22,23). The molecular formula is C17H20Cl2N2O3. The zero-order valence-electron chi connectivity index (χ0n) is 13.3. The third-order valence-corrected chi connectivity index (χ3v) is 5.91. The lowest BCUT2D eigenvalue weighted by Gasteiger charge is -2.59. The first-order valence-electron chi connectivity index (χ1n) is 8.00. The first-order valence-corrected chi connectivity index (χ1v) is 8.75. The van der Waals surface area contributed by atoms with E-state index in [-0.39, 0.29) is 23.7 Å². The van der Waals surface area contributed by atoms with Gasteiger partial charge in [0.15, 0.2) is 0 Å². The van der Waals surface area contributed by atoms with Gasteiger partial charge in [-0.1, -0.05) is 30.1 Å². The van der Waals surface area contributed by atoms with Crippen LogP contribution in [-0.4, -0.2) is 30.1 Å². The summed E-state index contributed by atoms with van der Waals surface area (Å²) in [6, 6.07) is 4.22. The molecule has 1 aromatic rings. The number of halogens is 2. The summed E-state index contributed by atoms with van der Waals surface area (Å²) < 4.78 is 0. The van der Waals surface area contributed by atoms with Crippen LogP contribution < -0.4 is 10.6 Å². The summed E-state index contributed by atoms with van der Waals surface area (Å²) >= 11 is 12.0. The minimum Gasteiger partial charge on any atom is -0.481 e. The van der Waals surface area contributed by atoms with Crippen LogP contribution in [0, 0.1) is 17.3 Å². The van der Waals surface area contributed by atoms with E-state index in [1.807, 2.05) is 0 Å². The van der Waals surface area contributed by atoms with E-state index >= 15 is 0 Å². The van der Waals surface area contributed by atoms with Crippen molar-refractivity contribution in [3.05, 3.63) is 33.8 Å². The molecule has 1 spiro atoms. The van der Waals surface area contributed by atoms with Crippen molar-refractivity contribution in [2.24, 2.45) is 17.3 Å². The van der Waals surface area contributed by atoms with Crippen LogP contribution in [0.2, 0.25) is 10.0 Å². The molecule has 24 heavy (non-hydrogen) atoms. The number of carbonyl (C=O) groups excluding carboxylic acids is 1. The molecule has 3 rings (SSSR count). The lowest BCUT2D eigenvalue weighted by Crippen LogP contribution is -2.67. The maximum atomic E-state index is 12.6. The number of hydrogen-bond donors (Lipinski definition) is 3. The first-order chi connectivity index (χ1) is 11.3. The molecule has 2 aliphatic rings. The van der Waals surface area contributed by atoms with Gasteiger partial charge in [-0.25, -0.2) is 0 Å². The lowest BCUT2D eigenvalue weighted by atomic mass is 9.51. The second-order valence-corrected chi connectivity index (χ2v) is 7.80. The normalized spacial score (nSPS) is 25.5. The molecule has 1 saturated heterocycles. The molecule has 1 aromatic carbocycles. The smallest absolute Gasteiger partial charge is 0.305 e. The number of hydrogen-bond acceptors (Lipinski definition) is 3. The van der Waals surface area contributed by atoms with E-state index in [9.17, 15) is 9.59 Å². The third-order valence-electron chi connectivity index (χ3n) is 5.47. The fourth-order valence-corrected chi connectivity index (χ4v) is 4.32. The number of nitrogens with one attached hydrogen (secondary N) is 2. The highest BCUT2D eigenvalue weighted by Crippen LogP contribution is 2.53. The number of aliphatic carboxylic acids is 1. The topological polar surface area (TPSA) is 78.4 Å². The molecule has 3 N–H and O–H groups in total. The van der Waals surface area contributed by atoms with Gasteiger partial charge in [-0.15, -0.1) is 0 Å². The molecule has 130 valence electrons. The van der Waals surface area contributed by atoms with Crippen molar-refractivity contribution in [1.29, 1.82) is 0 Å². The van der Waals surface area contributed by atoms with Crippen LogP contribution in [0.4, 0.5) is 0 Å². The molecule has 1 aliphatic heterocycles. The van der Waals surface area contributed by atoms with Gasteiger partial charge in [0.1, 0.15) is 0 Å². The number of carbonyl (C=O) groups is 2. The summed E-state index contributed by atoms with van der Waals surface area (Å²) in [5.41, 5.74) is 0.860. The number of carboxylic acid groups (broad SMARTS) is 1. The molecule has 1 aliphatic carbocycles. The van der Waals surface area contributed by atoms with Gasteiger partial charge in [0, 0.05) is 29.1 Å². The Bertz CT molecular complexity index is 656. The van der Waals surface area contributed by atoms with E-state index in [1.54, 1.807) is 18.2 Å². The van der Waals surface area contributed by atoms with Gasteiger partial charge in [-0.2, -0.15) is 0 Å². The summed E-state index contributed by atoms with van der Waals surface area (Å²) in [5, 5.41) is 16.1. The van der Waals surface area contributed by atoms with Crippen molar-refractivity contribution >= 4 is 35.1 Å². The Morgan fingerprint density at radius 1 is 1.33 bits per heavy atom. The average molecular weight is 371 g/mol. The lowest BCUT2D eigenvalue weighted by molar-refractivity contribution is -0.146. The molecule has 5 nitrogen and oxygen atoms in total. The predicted molar refractivity (Wildman–Crippen MR) is 92.2 cm³/mol. The highest BCUT2D eigenvalue weighted by atomic mass is 35.5. The van der Waals surface area contributed by atoms with Crippen molar-refractivity contribution in [3.8, 4) is 0 Å². The van der Waals surface area contributed by atoms with Crippen LogP contribution in [0.1, 0.15) is 31.4 Å². The fraction of sp³-hybridized carbons (Fsp3) is 0.529. The van der Waals surface area contributed by atoms with Crippen LogP contribution in [0.5, 0.6) is 0 Å². The van der Waals surface area contributed by atoms with Crippen LogP contribution in [0.15, 0.2) is 18.2 Å². The van der Waals surface area contributed by atoms with Crippen LogP contribution >= 0.6 is 23.2 Å². The maximum Gasteiger partial charge on any atom is 0.305 e. The van der Waals surface area contributed by atoms with Gasteiger partial charge in [0.05, 0.1) is 12.5 Å². The van der Waals surface area contributed by atoms with E-state index < -0.39 is 12.0 Å². The molecule has 3 unspecified atom stereocenters. The summed E-state index contributed by atoms with van der Waals surface area (Å²) in [5.74, 6) is -0.856. The zero-order valence-corrected chi connectivity index (χ0v) is 14.8. The fourth-order valence-electron chi connectivity index (χ4n) is 3.78. The Hall–Kier alpha value is -1.30. The molecule has 2 fully saturated rings. The van der Waals surface area contributed by atoms with Gasteiger partial charge < -0.3 is 15.7 Å². The van der Waals surface area contributed by atoms with Crippen LogP contribution in [-0.2, 0) is 9.59 Å². The third kappa shape index (κ3) is 3.25. The average Bonchev–Trinajstić information content (AvgIpc) is 2.42. The number of rotatable bonds is 5. The first kappa shape index (κ1) is 17.5. The van der Waals surface area contributed by atoms with Crippen LogP contribution in [0.3, 0.4) is 0 Å². The molecule has 0 radical (unpaired) electrons. The Morgan fingerprint density at radius 3 is 2.42 bits per heavy atom. The van der Waals surface area contributed by atoms with Gasteiger partial charge >= 0.3 is 5.97 Å². The Balaban J connectivity index is 1.72. The Kier molecular flexibility index (Phi) is 4.78. The number of amides is 1. The van der Waals surface area contributed by atoms with E-state index in [4.69, 9.17) is 28.3 Å². The highest BCUT2D eigenvalue weighted by Gasteiger charge is 2.57. The molecule has 1 heterocycles. The summed E-state index contributed by atoms with van der Waals surface area (Å²) in [6.45, 7) is 4.01. The number of carboxylic acids is 1. The quantitative estimate of drug-likeness (QED) is 0.744. The highest BCUT2D eigenvalue weighted by molar-refractivity contribution is 6.34. The Morgan fingerprint density at radius 2 is 1.96 bits per heavy atom. The largest absolute Gasteiger partial charge is 0.481 e. The summed E-state index contributed by atoms with van der Waals surface area (Å²) in [7, 11) is 0. The van der Waals surface area contributed by atoms with Crippen molar-refractivity contribution in [1.82, 2.24) is 10.6 Å². The van der Waals surface area contributed by atoms with Gasteiger partial charge in [0.25, 0.3) is 0 Å². The zero-order chi connectivity index (χ0) is 17.5. The molecule has 7 heteroatoms. The Labute approximate surface area is 150 Å².